The van der Waals surface area contributed by atoms with Crippen LogP contribution in [0.4, 0.5) is 0 Å². The highest BCUT2D eigenvalue weighted by atomic mass is 31.7. The van der Waals surface area contributed by atoms with Gasteiger partial charge in [0, 0.05) is 5.31 Å². The molecule has 0 unspecified atom stereocenters. The molecule has 0 aromatic rings. The van der Waals surface area contributed by atoms with Crippen molar-refractivity contribution in [3.63, 3.8) is 0 Å². The van der Waals surface area contributed by atoms with Crippen LogP contribution in [-0.2, 0) is 0 Å². The molecule has 0 amide bonds. The second-order valence-electron chi connectivity index (χ2n) is 2.78. The van der Waals surface area contributed by atoms with Crippen LogP contribution in [0.5, 0.6) is 0 Å². The maximum Gasteiger partial charge on any atom is 0.0699 e. The number of hydrogen-bond acceptors (Lipinski definition) is 0. The van der Waals surface area contributed by atoms with E-state index in [9.17, 15) is 0 Å². The SMILES string of the molecule is CCCCCC1=C(C)P=P[N]1. The average Bonchev–Trinajstić information content (AvgIpc) is 2.37. The van der Waals surface area contributed by atoms with E-state index in [4.69, 9.17) is 0 Å². The molecule has 1 heterocycles. The van der Waals surface area contributed by atoms with Gasteiger partial charge in [-0.2, -0.15) is 0 Å². The molecule has 1 aliphatic heterocycles. The molecular weight excluding hydrogens is 172 g/mol. The van der Waals surface area contributed by atoms with Gasteiger partial charge in [0.1, 0.15) is 0 Å². The van der Waals surface area contributed by atoms with Crippen LogP contribution in [0, 0.1) is 0 Å². The summed E-state index contributed by atoms with van der Waals surface area (Å²) in [5.41, 5.74) is 1.38. The zero-order valence-corrected chi connectivity index (χ0v) is 8.96. The molecular formula is C8H14NP2. The summed E-state index contributed by atoms with van der Waals surface area (Å²) >= 11 is 0. The molecule has 0 saturated carbocycles. The lowest BCUT2D eigenvalue weighted by Gasteiger charge is -2.00. The van der Waals surface area contributed by atoms with Crippen LogP contribution >= 0.6 is 15.9 Å². The smallest absolute Gasteiger partial charge is 0.0699 e. The predicted octanol–water partition coefficient (Wildman–Crippen LogP) is 4.14. The number of unbranched alkanes of at least 4 members (excludes halogenated alkanes) is 2. The maximum absolute atomic E-state index is 4.43. The van der Waals surface area contributed by atoms with Crippen molar-refractivity contribution in [1.29, 1.82) is 0 Å². The van der Waals surface area contributed by atoms with Crippen molar-refractivity contribution in [2.75, 3.05) is 0 Å². The highest BCUT2D eigenvalue weighted by Gasteiger charge is 2.06. The van der Waals surface area contributed by atoms with Crippen LogP contribution in [-0.4, -0.2) is 0 Å². The van der Waals surface area contributed by atoms with E-state index in [-0.39, 0.29) is 0 Å². The van der Waals surface area contributed by atoms with Crippen LogP contribution in [0.15, 0.2) is 11.0 Å². The summed E-state index contributed by atoms with van der Waals surface area (Å²) < 4.78 is 0. The third-order valence-electron chi connectivity index (χ3n) is 1.79. The first-order valence-corrected chi connectivity index (χ1v) is 6.61. The number of nitrogens with zero attached hydrogens (tertiary/aromatic N) is 1. The largest absolute Gasteiger partial charge is 0.227 e. The van der Waals surface area contributed by atoms with Gasteiger partial charge in [-0.15, -0.1) is 0 Å². The standard InChI is InChI=1S/C8H14NP2/c1-3-4-5-6-8-7(2)10-11-9-8/h3-6H2,1-2H3. The third kappa shape index (κ3) is 2.93. The van der Waals surface area contributed by atoms with Gasteiger partial charge in [-0.05, 0) is 27.6 Å². The number of hydrogen-bond donors (Lipinski definition) is 0. The Bertz CT molecular complexity index is 185. The molecule has 0 aromatic carbocycles. The summed E-state index contributed by atoms with van der Waals surface area (Å²) in [5.74, 6) is 0. The van der Waals surface area contributed by atoms with E-state index in [2.05, 4.69) is 18.9 Å². The molecule has 61 valence electrons. The first kappa shape index (κ1) is 9.23. The Hall–Kier alpha value is 0.140. The van der Waals surface area contributed by atoms with Crippen LogP contribution < -0.4 is 5.09 Å². The summed E-state index contributed by atoms with van der Waals surface area (Å²) in [6, 6.07) is 0. The Balaban J connectivity index is 2.22. The molecule has 0 fully saturated rings. The third-order valence-corrected chi connectivity index (χ3v) is 4.21. The van der Waals surface area contributed by atoms with Crippen molar-refractivity contribution in [1.82, 2.24) is 5.09 Å². The van der Waals surface area contributed by atoms with Crippen molar-refractivity contribution in [3.05, 3.63) is 11.0 Å². The minimum atomic E-state index is 1.21. The summed E-state index contributed by atoms with van der Waals surface area (Å²) in [6.45, 7) is 4.44. The maximum atomic E-state index is 4.43. The van der Waals surface area contributed by atoms with Crippen molar-refractivity contribution in [2.24, 2.45) is 0 Å². The fraction of sp³-hybridized carbons (Fsp3) is 0.750. The summed E-state index contributed by atoms with van der Waals surface area (Å²) in [5, 5.41) is 5.92. The minimum absolute atomic E-state index is 1.21. The van der Waals surface area contributed by atoms with Gasteiger partial charge in [-0.3, -0.25) is 0 Å². The Morgan fingerprint density at radius 3 is 2.73 bits per heavy atom. The van der Waals surface area contributed by atoms with Crippen molar-refractivity contribution in [3.8, 4) is 0 Å². The van der Waals surface area contributed by atoms with Crippen molar-refractivity contribution >= 4 is 15.9 Å². The molecule has 0 atom stereocenters. The monoisotopic (exact) mass is 186 g/mol. The lowest BCUT2D eigenvalue weighted by molar-refractivity contribution is 0.702. The van der Waals surface area contributed by atoms with Crippen molar-refractivity contribution in [2.45, 2.75) is 39.5 Å². The molecule has 11 heavy (non-hydrogen) atoms. The Labute approximate surface area is 72.1 Å². The van der Waals surface area contributed by atoms with E-state index in [1.54, 1.807) is 0 Å². The topological polar surface area (TPSA) is 14.1 Å². The zero-order valence-electron chi connectivity index (χ0n) is 7.17. The molecule has 0 aliphatic carbocycles. The number of rotatable bonds is 4. The molecule has 1 nitrogen and oxygen atoms in total. The predicted molar refractivity (Wildman–Crippen MR) is 52.8 cm³/mol. The second-order valence-corrected chi connectivity index (χ2v) is 5.17. The van der Waals surface area contributed by atoms with Gasteiger partial charge in [0.05, 0.1) is 13.7 Å². The lowest BCUT2D eigenvalue weighted by Crippen LogP contribution is -1.90. The molecule has 0 saturated heterocycles. The normalized spacial score (nSPS) is 18.7. The molecule has 0 spiro atoms. The van der Waals surface area contributed by atoms with E-state index in [0.29, 0.717) is 0 Å². The van der Waals surface area contributed by atoms with Crippen LogP contribution in [0.3, 0.4) is 0 Å². The quantitative estimate of drug-likeness (QED) is 0.462. The minimum Gasteiger partial charge on any atom is -0.227 e. The van der Waals surface area contributed by atoms with E-state index >= 15 is 0 Å². The van der Waals surface area contributed by atoms with Crippen LogP contribution in [0.25, 0.3) is 0 Å². The fourth-order valence-corrected chi connectivity index (χ4v) is 3.15. The molecule has 0 bridgehead atoms. The van der Waals surface area contributed by atoms with E-state index < -0.39 is 0 Å². The Morgan fingerprint density at radius 1 is 1.36 bits per heavy atom. The lowest BCUT2D eigenvalue weighted by atomic mass is 10.1. The van der Waals surface area contributed by atoms with Crippen LogP contribution in [0.2, 0.25) is 0 Å². The molecule has 3 heteroatoms. The second kappa shape index (κ2) is 4.91. The highest BCUT2D eigenvalue weighted by Crippen LogP contribution is 2.36. The molecule has 0 N–H and O–H groups in total. The molecule has 1 aliphatic rings. The first-order valence-electron chi connectivity index (χ1n) is 4.16. The van der Waals surface area contributed by atoms with Gasteiger partial charge in [0.15, 0.2) is 0 Å². The first-order chi connectivity index (χ1) is 5.34. The summed E-state index contributed by atoms with van der Waals surface area (Å²) in [4.78, 5) is 0. The van der Waals surface area contributed by atoms with Gasteiger partial charge >= 0.3 is 0 Å². The van der Waals surface area contributed by atoms with Gasteiger partial charge < -0.3 is 0 Å². The Kier molecular flexibility index (Phi) is 4.12. The summed E-state index contributed by atoms with van der Waals surface area (Å²) in [7, 11) is 2.64. The summed E-state index contributed by atoms with van der Waals surface area (Å²) in [6.07, 6.45) is 5.18. The van der Waals surface area contributed by atoms with E-state index in [0.717, 1.165) is 0 Å². The molecule has 0 aromatic heterocycles. The average molecular weight is 186 g/mol. The van der Waals surface area contributed by atoms with E-state index in [1.807, 2.05) is 0 Å². The van der Waals surface area contributed by atoms with Crippen molar-refractivity contribution < 1.29 is 0 Å². The molecule has 1 radical (unpaired) electrons. The number of allylic oxidation sites excluding steroid dienone is 2. The molecule has 1 rings (SSSR count). The van der Waals surface area contributed by atoms with Crippen LogP contribution in [0.1, 0.15) is 39.5 Å². The van der Waals surface area contributed by atoms with E-state index in [1.165, 1.54) is 52.6 Å². The highest BCUT2D eigenvalue weighted by molar-refractivity contribution is 7.85. The zero-order chi connectivity index (χ0) is 8.10. The Morgan fingerprint density at radius 2 is 2.18 bits per heavy atom. The van der Waals surface area contributed by atoms with Gasteiger partial charge in [0.25, 0.3) is 0 Å². The van der Waals surface area contributed by atoms with Gasteiger partial charge in [0.2, 0.25) is 0 Å². The van der Waals surface area contributed by atoms with Gasteiger partial charge in [-0.25, -0.2) is 5.09 Å². The van der Waals surface area contributed by atoms with Gasteiger partial charge in [-0.1, -0.05) is 19.8 Å². The fourth-order valence-electron chi connectivity index (χ4n) is 1.05.